The first-order valence-electron chi connectivity index (χ1n) is 9.23. The van der Waals surface area contributed by atoms with Crippen LogP contribution >= 0.6 is 0 Å². The third kappa shape index (κ3) is 4.39. The lowest BCUT2D eigenvalue weighted by molar-refractivity contribution is -0.146. The second-order valence-electron chi connectivity index (χ2n) is 7.16. The van der Waals surface area contributed by atoms with E-state index in [9.17, 15) is 27.6 Å². The van der Waals surface area contributed by atoms with Crippen molar-refractivity contribution in [3.05, 3.63) is 12.2 Å². The molecule has 1 atom stereocenters. The van der Waals surface area contributed by atoms with Gasteiger partial charge in [-0.15, -0.1) is 0 Å². The number of alkyl halides is 3. The molecular formula is C18H22F3N3O3. The van der Waals surface area contributed by atoms with E-state index >= 15 is 0 Å². The van der Waals surface area contributed by atoms with Crippen LogP contribution in [0.4, 0.5) is 13.2 Å². The fourth-order valence-electron chi connectivity index (χ4n) is 3.79. The van der Waals surface area contributed by atoms with Gasteiger partial charge in [0, 0.05) is 32.1 Å². The molecule has 1 saturated heterocycles. The van der Waals surface area contributed by atoms with Crippen LogP contribution in [0.3, 0.4) is 0 Å². The van der Waals surface area contributed by atoms with Crippen molar-refractivity contribution in [1.82, 2.24) is 9.80 Å². The highest BCUT2D eigenvalue weighted by atomic mass is 19.4. The van der Waals surface area contributed by atoms with E-state index in [0.717, 1.165) is 38.2 Å². The van der Waals surface area contributed by atoms with Gasteiger partial charge in [0.15, 0.2) is 0 Å². The van der Waals surface area contributed by atoms with Crippen LogP contribution in [0.2, 0.25) is 0 Å². The number of halogens is 3. The number of allylic oxidation sites excluding steroid dienone is 1. The van der Waals surface area contributed by atoms with Gasteiger partial charge in [0.2, 0.25) is 11.8 Å². The number of dihydropyridines is 1. The Morgan fingerprint density at radius 3 is 2.04 bits per heavy atom. The summed E-state index contributed by atoms with van der Waals surface area (Å²) in [6, 6.07) is 0. The van der Waals surface area contributed by atoms with Crippen molar-refractivity contribution in [1.29, 1.82) is 0 Å². The van der Waals surface area contributed by atoms with Crippen molar-refractivity contribution in [3.8, 4) is 0 Å². The number of carbonyl (C=O) groups is 3. The second-order valence-corrected chi connectivity index (χ2v) is 7.16. The summed E-state index contributed by atoms with van der Waals surface area (Å²) in [5.74, 6) is -2.81. The minimum atomic E-state index is -4.72. The Morgan fingerprint density at radius 2 is 1.52 bits per heavy atom. The number of rotatable bonds is 2. The van der Waals surface area contributed by atoms with E-state index < -0.39 is 29.6 Å². The van der Waals surface area contributed by atoms with Crippen LogP contribution in [0, 0.1) is 11.8 Å². The number of hydrogen-bond acceptors (Lipinski definition) is 3. The molecule has 1 aliphatic carbocycles. The minimum absolute atomic E-state index is 0.0546. The standard InChI is InChI=1S/C18H22F3N3O3/c19-18(20,21)14-7-6-13(15(25)22-14)17(27)24-10-8-23(9-11-24)16(26)12-4-2-1-3-5-12/h6-7,12-13H,1-5,8-11H2. The van der Waals surface area contributed by atoms with E-state index in [1.807, 2.05) is 0 Å². The summed E-state index contributed by atoms with van der Waals surface area (Å²) in [4.78, 5) is 43.1. The molecule has 6 nitrogen and oxygen atoms in total. The Hall–Kier alpha value is -2.19. The van der Waals surface area contributed by atoms with Crippen LogP contribution in [-0.2, 0) is 14.4 Å². The van der Waals surface area contributed by atoms with Crippen molar-refractivity contribution < 1.29 is 27.6 Å². The highest BCUT2D eigenvalue weighted by molar-refractivity contribution is 6.14. The van der Waals surface area contributed by atoms with Crippen molar-refractivity contribution in [2.45, 2.75) is 38.3 Å². The molecule has 9 heteroatoms. The number of amides is 3. The summed E-state index contributed by atoms with van der Waals surface area (Å²) in [5.41, 5.74) is -1.29. The largest absolute Gasteiger partial charge is 0.433 e. The molecule has 0 N–H and O–H groups in total. The monoisotopic (exact) mass is 385 g/mol. The molecule has 0 aromatic rings. The summed E-state index contributed by atoms with van der Waals surface area (Å²) < 4.78 is 37.8. The van der Waals surface area contributed by atoms with Crippen LogP contribution in [-0.4, -0.2) is 65.6 Å². The van der Waals surface area contributed by atoms with Gasteiger partial charge in [-0.25, -0.2) is 4.99 Å². The molecule has 0 aromatic carbocycles. The first kappa shape index (κ1) is 19.6. The highest BCUT2D eigenvalue weighted by Gasteiger charge is 2.40. The number of piperazine rings is 1. The Labute approximate surface area is 155 Å². The molecule has 3 rings (SSSR count). The van der Waals surface area contributed by atoms with Gasteiger partial charge in [0.25, 0.3) is 5.91 Å². The average molecular weight is 385 g/mol. The minimum Gasteiger partial charge on any atom is -0.339 e. The summed E-state index contributed by atoms with van der Waals surface area (Å²) in [5, 5.41) is 0. The van der Waals surface area contributed by atoms with Gasteiger partial charge in [-0.1, -0.05) is 25.3 Å². The molecule has 0 aromatic heterocycles. The first-order valence-corrected chi connectivity index (χ1v) is 9.23. The lowest BCUT2D eigenvalue weighted by Crippen LogP contribution is -2.53. The van der Waals surface area contributed by atoms with Gasteiger partial charge < -0.3 is 9.80 Å². The van der Waals surface area contributed by atoms with Crippen LogP contribution in [0.25, 0.3) is 0 Å². The molecule has 3 aliphatic rings. The third-order valence-electron chi connectivity index (χ3n) is 5.36. The Kier molecular flexibility index (Phi) is 5.67. The topological polar surface area (TPSA) is 70.1 Å². The Balaban J connectivity index is 1.55. The maximum absolute atomic E-state index is 12.6. The van der Waals surface area contributed by atoms with Crippen molar-refractivity contribution >= 4 is 23.4 Å². The van der Waals surface area contributed by atoms with E-state index in [0.29, 0.717) is 19.2 Å². The zero-order valence-electron chi connectivity index (χ0n) is 14.9. The summed E-state index contributed by atoms with van der Waals surface area (Å²) in [7, 11) is 0. The predicted octanol–water partition coefficient (Wildman–Crippen LogP) is 1.95. The van der Waals surface area contributed by atoms with Gasteiger partial charge in [0.05, 0.1) is 0 Å². The van der Waals surface area contributed by atoms with E-state index in [1.54, 1.807) is 4.90 Å². The fourth-order valence-corrected chi connectivity index (χ4v) is 3.79. The highest BCUT2D eigenvalue weighted by Crippen LogP contribution is 2.26. The molecular weight excluding hydrogens is 363 g/mol. The zero-order valence-corrected chi connectivity index (χ0v) is 14.9. The fraction of sp³-hybridized carbons (Fsp3) is 0.667. The molecule has 148 valence electrons. The van der Waals surface area contributed by atoms with Gasteiger partial charge in [-0.05, 0) is 18.9 Å². The van der Waals surface area contributed by atoms with Gasteiger partial charge in [0.1, 0.15) is 11.6 Å². The van der Waals surface area contributed by atoms with E-state index in [1.165, 1.54) is 4.90 Å². The molecule has 2 heterocycles. The molecule has 27 heavy (non-hydrogen) atoms. The molecule has 2 aliphatic heterocycles. The zero-order chi connectivity index (χ0) is 19.6. The SMILES string of the molecule is O=C1N=C(C(F)(F)F)C=CC1C(=O)N1CCN(C(=O)C2CCCCC2)CC1. The van der Waals surface area contributed by atoms with Crippen LogP contribution < -0.4 is 0 Å². The van der Waals surface area contributed by atoms with E-state index in [2.05, 4.69) is 4.99 Å². The smallest absolute Gasteiger partial charge is 0.339 e. The molecule has 2 fully saturated rings. The quantitative estimate of drug-likeness (QED) is 0.683. The molecule has 0 spiro atoms. The molecule has 1 unspecified atom stereocenters. The van der Waals surface area contributed by atoms with Crippen molar-refractivity contribution in [2.75, 3.05) is 26.2 Å². The van der Waals surface area contributed by atoms with Gasteiger partial charge in [-0.2, -0.15) is 13.2 Å². The van der Waals surface area contributed by atoms with Crippen LogP contribution in [0.15, 0.2) is 17.1 Å². The second kappa shape index (κ2) is 7.82. The number of nitrogens with zero attached hydrogens (tertiary/aromatic N) is 3. The number of carbonyl (C=O) groups excluding carboxylic acids is 3. The Morgan fingerprint density at radius 1 is 0.963 bits per heavy atom. The molecule has 3 amide bonds. The molecule has 0 radical (unpaired) electrons. The van der Waals surface area contributed by atoms with Crippen molar-refractivity contribution in [2.24, 2.45) is 16.8 Å². The molecule has 0 bridgehead atoms. The normalized spacial score (nSPS) is 24.8. The predicted molar refractivity (Wildman–Crippen MR) is 90.9 cm³/mol. The maximum Gasteiger partial charge on any atom is 0.433 e. The lowest BCUT2D eigenvalue weighted by Gasteiger charge is -2.38. The summed E-state index contributed by atoms with van der Waals surface area (Å²) in [6.45, 7) is 1.29. The van der Waals surface area contributed by atoms with Crippen LogP contribution in [0.5, 0.6) is 0 Å². The molecule has 1 saturated carbocycles. The number of aliphatic imine (C=N–C) groups is 1. The van der Waals surface area contributed by atoms with Crippen LogP contribution in [0.1, 0.15) is 32.1 Å². The summed E-state index contributed by atoms with van der Waals surface area (Å²) in [6.07, 6.45) is 2.00. The maximum atomic E-state index is 12.6. The lowest BCUT2D eigenvalue weighted by atomic mass is 9.88. The van der Waals surface area contributed by atoms with Gasteiger partial charge in [-0.3, -0.25) is 14.4 Å². The first-order chi connectivity index (χ1) is 12.8. The Bertz CT molecular complexity index is 673. The van der Waals surface area contributed by atoms with Gasteiger partial charge >= 0.3 is 6.18 Å². The average Bonchev–Trinajstić information content (AvgIpc) is 2.67. The van der Waals surface area contributed by atoms with E-state index in [-0.39, 0.29) is 24.9 Å². The summed E-state index contributed by atoms with van der Waals surface area (Å²) >= 11 is 0. The number of hydrogen-bond donors (Lipinski definition) is 0. The van der Waals surface area contributed by atoms with E-state index in [4.69, 9.17) is 0 Å². The van der Waals surface area contributed by atoms with Crippen molar-refractivity contribution in [3.63, 3.8) is 0 Å². The third-order valence-corrected chi connectivity index (χ3v) is 5.36.